The molecule has 1 atom stereocenters. The lowest BCUT2D eigenvalue weighted by Gasteiger charge is -2.10. The lowest BCUT2D eigenvalue weighted by molar-refractivity contribution is -0.121. The van der Waals surface area contributed by atoms with Crippen LogP contribution in [0.3, 0.4) is 0 Å². The highest BCUT2D eigenvalue weighted by molar-refractivity contribution is 6.42. The number of benzene rings is 1. The summed E-state index contributed by atoms with van der Waals surface area (Å²) in [6, 6.07) is 5.36. The van der Waals surface area contributed by atoms with Gasteiger partial charge in [0.25, 0.3) is 0 Å². The predicted octanol–water partition coefficient (Wildman–Crippen LogP) is 3.05. The molecule has 15 heavy (non-hydrogen) atoms. The van der Waals surface area contributed by atoms with Crippen molar-refractivity contribution in [3.63, 3.8) is 0 Å². The van der Waals surface area contributed by atoms with Gasteiger partial charge >= 0.3 is 0 Å². The van der Waals surface area contributed by atoms with E-state index in [0.717, 1.165) is 12.0 Å². The van der Waals surface area contributed by atoms with Gasteiger partial charge in [-0.05, 0) is 30.5 Å². The van der Waals surface area contributed by atoms with E-state index in [1.165, 1.54) is 0 Å². The molecule has 0 bridgehead atoms. The lowest BCUT2D eigenvalue weighted by atomic mass is 9.96. The summed E-state index contributed by atoms with van der Waals surface area (Å²) in [7, 11) is 0. The van der Waals surface area contributed by atoms with Crippen LogP contribution < -0.4 is 5.73 Å². The first-order valence-electron chi connectivity index (χ1n) is 4.77. The van der Waals surface area contributed by atoms with Gasteiger partial charge in [0.05, 0.1) is 10.0 Å². The Kier molecular flexibility index (Phi) is 4.43. The van der Waals surface area contributed by atoms with Crippen molar-refractivity contribution in [2.45, 2.75) is 19.8 Å². The maximum absolute atomic E-state index is 11.0. The van der Waals surface area contributed by atoms with Gasteiger partial charge in [0.1, 0.15) is 0 Å². The number of carbonyl (C=O) groups is 1. The van der Waals surface area contributed by atoms with Crippen LogP contribution >= 0.6 is 23.2 Å². The zero-order chi connectivity index (χ0) is 11.4. The first-order chi connectivity index (χ1) is 7.04. The first kappa shape index (κ1) is 12.3. The summed E-state index contributed by atoms with van der Waals surface area (Å²) in [6.07, 6.45) is 1.35. The summed E-state index contributed by atoms with van der Waals surface area (Å²) in [5, 5.41) is 1.03. The van der Waals surface area contributed by atoms with Crippen LogP contribution in [-0.4, -0.2) is 5.91 Å². The van der Waals surface area contributed by atoms with Crippen molar-refractivity contribution < 1.29 is 4.79 Å². The minimum Gasteiger partial charge on any atom is -0.369 e. The minimum absolute atomic E-state index is 0.137. The SMILES string of the molecule is CCC(Cc1ccc(Cl)c(Cl)c1)C(N)=O. The molecule has 0 fully saturated rings. The second-order valence-electron chi connectivity index (χ2n) is 3.46. The summed E-state index contributed by atoms with van der Waals surface area (Å²) < 4.78 is 0. The highest BCUT2D eigenvalue weighted by atomic mass is 35.5. The normalized spacial score (nSPS) is 12.5. The standard InChI is InChI=1S/C11H13Cl2NO/c1-2-8(11(14)15)5-7-3-4-9(12)10(13)6-7/h3-4,6,8H,2,5H2,1H3,(H2,14,15). The lowest BCUT2D eigenvalue weighted by Crippen LogP contribution is -2.24. The number of halogens is 2. The molecule has 0 heterocycles. The number of hydrogen-bond acceptors (Lipinski definition) is 1. The van der Waals surface area contributed by atoms with Crippen LogP contribution in [0.4, 0.5) is 0 Å². The van der Waals surface area contributed by atoms with E-state index in [2.05, 4.69) is 0 Å². The fraction of sp³-hybridized carbons (Fsp3) is 0.364. The Labute approximate surface area is 99.4 Å². The zero-order valence-corrected chi connectivity index (χ0v) is 9.98. The maximum Gasteiger partial charge on any atom is 0.220 e. The van der Waals surface area contributed by atoms with Crippen molar-refractivity contribution in [1.29, 1.82) is 0 Å². The Bertz CT molecular complexity index is 366. The largest absolute Gasteiger partial charge is 0.369 e. The van der Waals surface area contributed by atoms with E-state index in [9.17, 15) is 4.79 Å². The maximum atomic E-state index is 11.0. The number of amides is 1. The van der Waals surface area contributed by atoms with Gasteiger partial charge in [-0.25, -0.2) is 0 Å². The Morgan fingerprint density at radius 3 is 2.53 bits per heavy atom. The van der Waals surface area contributed by atoms with Crippen LogP contribution in [0.1, 0.15) is 18.9 Å². The second-order valence-corrected chi connectivity index (χ2v) is 4.27. The highest BCUT2D eigenvalue weighted by Crippen LogP contribution is 2.24. The van der Waals surface area contributed by atoms with E-state index in [-0.39, 0.29) is 11.8 Å². The molecule has 1 amide bonds. The molecule has 0 aliphatic rings. The zero-order valence-electron chi connectivity index (χ0n) is 8.47. The third kappa shape index (κ3) is 3.40. The number of carbonyl (C=O) groups excluding carboxylic acids is 1. The second kappa shape index (κ2) is 5.38. The molecule has 82 valence electrons. The fourth-order valence-corrected chi connectivity index (χ4v) is 1.72. The number of rotatable bonds is 4. The van der Waals surface area contributed by atoms with Crippen LogP contribution in [0.25, 0.3) is 0 Å². The average Bonchev–Trinajstić information content (AvgIpc) is 2.19. The van der Waals surface area contributed by atoms with E-state index in [1.54, 1.807) is 12.1 Å². The van der Waals surface area contributed by atoms with E-state index >= 15 is 0 Å². The summed E-state index contributed by atoms with van der Waals surface area (Å²) >= 11 is 11.7. The molecule has 1 aromatic carbocycles. The Morgan fingerprint density at radius 2 is 2.07 bits per heavy atom. The number of primary amides is 1. The Balaban J connectivity index is 2.80. The summed E-state index contributed by atoms with van der Waals surface area (Å²) in [5.74, 6) is -0.411. The summed E-state index contributed by atoms with van der Waals surface area (Å²) in [6.45, 7) is 1.94. The van der Waals surface area contributed by atoms with Gasteiger partial charge in [0.2, 0.25) is 5.91 Å². The van der Waals surface area contributed by atoms with Crippen LogP contribution in [0.15, 0.2) is 18.2 Å². The van der Waals surface area contributed by atoms with Gasteiger partial charge in [-0.15, -0.1) is 0 Å². The molecule has 0 aliphatic carbocycles. The van der Waals surface area contributed by atoms with E-state index in [0.29, 0.717) is 16.5 Å². The van der Waals surface area contributed by atoms with E-state index in [1.807, 2.05) is 13.0 Å². The first-order valence-corrected chi connectivity index (χ1v) is 5.53. The smallest absolute Gasteiger partial charge is 0.220 e. The van der Waals surface area contributed by atoms with Crippen molar-refractivity contribution in [3.05, 3.63) is 33.8 Å². The molecular formula is C11H13Cl2NO. The fourth-order valence-electron chi connectivity index (χ4n) is 1.40. The van der Waals surface area contributed by atoms with E-state index in [4.69, 9.17) is 28.9 Å². The molecule has 0 saturated carbocycles. The molecule has 0 aromatic heterocycles. The molecule has 2 nitrogen and oxygen atoms in total. The van der Waals surface area contributed by atoms with Crippen molar-refractivity contribution in [2.24, 2.45) is 11.7 Å². The van der Waals surface area contributed by atoms with Gasteiger partial charge in [-0.1, -0.05) is 36.2 Å². The Morgan fingerprint density at radius 1 is 1.40 bits per heavy atom. The molecule has 1 rings (SSSR count). The molecule has 0 aliphatic heterocycles. The highest BCUT2D eigenvalue weighted by Gasteiger charge is 2.13. The topological polar surface area (TPSA) is 43.1 Å². The van der Waals surface area contributed by atoms with Gasteiger partial charge in [-0.2, -0.15) is 0 Å². The summed E-state index contributed by atoms with van der Waals surface area (Å²) in [5.41, 5.74) is 6.25. The molecule has 1 aromatic rings. The van der Waals surface area contributed by atoms with Crippen LogP contribution in [0.5, 0.6) is 0 Å². The number of hydrogen-bond donors (Lipinski definition) is 1. The monoisotopic (exact) mass is 245 g/mol. The Hall–Kier alpha value is -0.730. The minimum atomic E-state index is -0.274. The van der Waals surface area contributed by atoms with Crippen LogP contribution in [-0.2, 0) is 11.2 Å². The molecule has 0 radical (unpaired) electrons. The molecule has 1 unspecified atom stereocenters. The van der Waals surface area contributed by atoms with Gasteiger partial charge < -0.3 is 5.73 Å². The molecule has 4 heteroatoms. The van der Waals surface area contributed by atoms with Crippen LogP contribution in [0.2, 0.25) is 10.0 Å². The number of nitrogens with two attached hydrogens (primary N) is 1. The van der Waals surface area contributed by atoms with Gasteiger partial charge in [0, 0.05) is 5.92 Å². The van der Waals surface area contributed by atoms with Crippen molar-refractivity contribution >= 4 is 29.1 Å². The molecule has 0 spiro atoms. The molecule has 2 N–H and O–H groups in total. The third-order valence-electron chi connectivity index (χ3n) is 2.36. The predicted molar refractivity (Wildman–Crippen MR) is 63.1 cm³/mol. The van der Waals surface area contributed by atoms with Crippen molar-refractivity contribution in [3.8, 4) is 0 Å². The van der Waals surface area contributed by atoms with Gasteiger partial charge in [0.15, 0.2) is 0 Å². The quantitative estimate of drug-likeness (QED) is 0.871. The van der Waals surface area contributed by atoms with Gasteiger partial charge in [-0.3, -0.25) is 4.79 Å². The third-order valence-corrected chi connectivity index (χ3v) is 3.10. The average molecular weight is 246 g/mol. The van der Waals surface area contributed by atoms with Crippen molar-refractivity contribution in [2.75, 3.05) is 0 Å². The summed E-state index contributed by atoms with van der Waals surface area (Å²) in [4.78, 5) is 11.0. The van der Waals surface area contributed by atoms with E-state index < -0.39 is 0 Å². The van der Waals surface area contributed by atoms with Crippen molar-refractivity contribution in [1.82, 2.24) is 0 Å². The van der Waals surface area contributed by atoms with Crippen LogP contribution in [0, 0.1) is 5.92 Å². The molecule has 0 saturated heterocycles. The molecular weight excluding hydrogens is 233 g/mol.